The van der Waals surface area contributed by atoms with Crippen molar-refractivity contribution in [2.24, 2.45) is 0 Å². The first-order chi connectivity index (χ1) is 7.75. The van der Waals surface area contributed by atoms with E-state index in [1.165, 1.54) is 6.42 Å². The third-order valence-electron chi connectivity index (χ3n) is 2.92. The maximum absolute atomic E-state index is 12.0. The maximum atomic E-state index is 12.0. The molecular formula is C13H22N2O. The van der Waals surface area contributed by atoms with Crippen molar-refractivity contribution in [3.8, 4) is 11.8 Å². The molecule has 1 rings (SSSR count). The first-order valence-corrected chi connectivity index (χ1v) is 6.17. The Morgan fingerprint density at radius 1 is 1.38 bits per heavy atom. The minimum atomic E-state index is -0.0724. The van der Waals surface area contributed by atoms with Crippen LogP contribution in [0.1, 0.15) is 39.5 Å². The zero-order valence-electron chi connectivity index (χ0n) is 10.4. The summed E-state index contributed by atoms with van der Waals surface area (Å²) in [5.41, 5.74) is 0. The Morgan fingerprint density at radius 2 is 2.06 bits per heavy atom. The Morgan fingerprint density at radius 3 is 2.69 bits per heavy atom. The lowest BCUT2D eigenvalue weighted by Gasteiger charge is -2.29. The number of carbonyl (C=O) groups is 1. The number of nitrogens with zero attached hydrogens (tertiary/aromatic N) is 1. The van der Waals surface area contributed by atoms with Crippen LogP contribution in [0.5, 0.6) is 0 Å². The molecule has 1 amide bonds. The predicted octanol–water partition coefficient (Wildman–Crippen LogP) is 1.39. The summed E-state index contributed by atoms with van der Waals surface area (Å²) in [7, 11) is 0. The first-order valence-electron chi connectivity index (χ1n) is 6.17. The second kappa shape index (κ2) is 7.29. The van der Waals surface area contributed by atoms with E-state index in [-0.39, 0.29) is 11.9 Å². The SMILES string of the molecule is CC#CCCNC(C)C(=O)N1CCCCC1. The highest BCUT2D eigenvalue weighted by Crippen LogP contribution is 2.09. The summed E-state index contributed by atoms with van der Waals surface area (Å²) in [4.78, 5) is 14.0. The molecule has 1 fully saturated rings. The lowest BCUT2D eigenvalue weighted by atomic mass is 10.1. The standard InChI is InChI=1S/C13H22N2O/c1-3-4-6-9-14-12(2)13(16)15-10-7-5-8-11-15/h12,14H,5-11H2,1-2H3. The molecule has 0 aromatic carbocycles. The van der Waals surface area contributed by atoms with Gasteiger partial charge in [0.15, 0.2) is 0 Å². The van der Waals surface area contributed by atoms with Crippen molar-refractivity contribution in [1.29, 1.82) is 0 Å². The fraction of sp³-hybridized carbons (Fsp3) is 0.769. The van der Waals surface area contributed by atoms with Gasteiger partial charge in [0.2, 0.25) is 5.91 Å². The number of rotatable bonds is 4. The van der Waals surface area contributed by atoms with Crippen LogP contribution >= 0.6 is 0 Å². The molecule has 1 N–H and O–H groups in total. The first kappa shape index (κ1) is 13.1. The van der Waals surface area contributed by atoms with E-state index in [1.807, 2.05) is 18.7 Å². The minimum absolute atomic E-state index is 0.0724. The molecule has 1 saturated heterocycles. The van der Waals surface area contributed by atoms with Gasteiger partial charge in [-0.05, 0) is 33.1 Å². The summed E-state index contributed by atoms with van der Waals surface area (Å²) in [6, 6.07) is -0.0724. The van der Waals surface area contributed by atoms with Gasteiger partial charge in [-0.3, -0.25) is 4.79 Å². The van der Waals surface area contributed by atoms with Gasteiger partial charge in [-0.25, -0.2) is 0 Å². The lowest BCUT2D eigenvalue weighted by molar-refractivity contribution is -0.133. The van der Waals surface area contributed by atoms with Crippen molar-refractivity contribution in [2.45, 2.75) is 45.6 Å². The second-order valence-electron chi connectivity index (χ2n) is 4.24. The molecule has 1 aliphatic heterocycles. The van der Waals surface area contributed by atoms with Gasteiger partial charge < -0.3 is 10.2 Å². The van der Waals surface area contributed by atoms with Gasteiger partial charge in [-0.1, -0.05) is 0 Å². The molecule has 1 heterocycles. The monoisotopic (exact) mass is 222 g/mol. The summed E-state index contributed by atoms with van der Waals surface area (Å²) >= 11 is 0. The molecule has 16 heavy (non-hydrogen) atoms. The largest absolute Gasteiger partial charge is 0.341 e. The molecule has 0 aliphatic carbocycles. The number of amides is 1. The van der Waals surface area contributed by atoms with Crippen LogP contribution in [-0.2, 0) is 4.79 Å². The van der Waals surface area contributed by atoms with Gasteiger partial charge in [-0.2, -0.15) is 0 Å². The highest BCUT2D eigenvalue weighted by Gasteiger charge is 2.21. The maximum Gasteiger partial charge on any atom is 0.239 e. The van der Waals surface area contributed by atoms with E-state index < -0.39 is 0 Å². The van der Waals surface area contributed by atoms with E-state index in [2.05, 4.69) is 17.2 Å². The lowest BCUT2D eigenvalue weighted by Crippen LogP contribution is -2.46. The summed E-state index contributed by atoms with van der Waals surface area (Å²) in [6.45, 7) is 6.43. The molecule has 0 radical (unpaired) electrons. The van der Waals surface area contributed by atoms with Gasteiger partial charge in [0.1, 0.15) is 0 Å². The van der Waals surface area contributed by atoms with Crippen LogP contribution < -0.4 is 5.32 Å². The highest BCUT2D eigenvalue weighted by atomic mass is 16.2. The third-order valence-corrected chi connectivity index (χ3v) is 2.92. The van der Waals surface area contributed by atoms with E-state index in [1.54, 1.807) is 0 Å². The average Bonchev–Trinajstić information content (AvgIpc) is 2.34. The minimum Gasteiger partial charge on any atom is -0.341 e. The van der Waals surface area contributed by atoms with Crippen LogP contribution in [0.25, 0.3) is 0 Å². The van der Waals surface area contributed by atoms with Crippen molar-refractivity contribution in [3.05, 3.63) is 0 Å². The van der Waals surface area contributed by atoms with Crippen molar-refractivity contribution >= 4 is 5.91 Å². The molecule has 1 atom stereocenters. The number of likely N-dealkylation sites (tertiary alicyclic amines) is 1. The molecule has 0 spiro atoms. The van der Waals surface area contributed by atoms with E-state index in [0.717, 1.165) is 38.9 Å². The molecule has 3 nitrogen and oxygen atoms in total. The van der Waals surface area contributed by atoms with Gasteiger partial charge in [0.05, 0.1) is 6.04 Å². The number of carbonyl (C=O) groups excluding carboxylic acids is 1. The fourth-order valence-electron chi connectivity index (χ4n) is 1.95. The Labute approximate surface area is 98.6 Å². The highest BCUT2D eigenvalue weighted by molar-refractivity contribution is 5.81. The average molecular weight is 222 g/mol. The Bertz CT molecular complexity index is 271. The number of piperidine rings is 1. The smallest absolute Gasteiger partial charge is 0.239 e. The molecule has 1 unspecified atom stereocenters. The number of hydrogen-bond donors (Lipinski definition) is 1. The molecular weight excluding hydrogens is 200 g/mol. The zero-order chi connectivity index (χ0) is 11.8. The van der Waals surface area contributed by atoms with Crippen molar-refractivity contribution in [1.82, 2.24) is 10.2 Å². The van der Waals surface area contributed by atoms with E-state index in [0.29, 0.717) is 0 Å². The second-order valence-corrected chi connectivity index (χ2v) is 4.24. The molecule has 1 aliphatic rings. The Balaban J connectivity index is 2.25. The molecule has 90 valence electrons. The quantitative estimate of drug-likeness (QED) is 0.576. The van der Waals surface area contributed by atoms with Crippen molar-refractivity contribution < 1.29 is 4.79 Å². The normalized spacial score (nSPS) is 17.5. The summed E-state index contributed by atoms with van der Waals surface area (Å²) in [5.74, 6) is 6.07. The van der Waals surface area contributed by atoms with Crippen LogP contribution in [0.15, 0.2) is 0 Å². The summed E-state index contributed by atoms with van der Waals surface area (Å²) in [6.07, 6.45) is 4.38. The van der Waals surface area contributed by atoms with Crippen LogP contribution in [-0.4, -0.2) is 36.5 Å². The van der Waals surface area contributed by atoms with Crippen molar-refractivity contribution in [2.75, 3.05) is 19.6 Å². The van der Waals surface area contributed by atoms with Gasteiger partial charge in [0.25, 0.3) is 0 Å². The summed E-state index contributed by atoms with van der Waals surface area (Å²) in [5, 5.41) is 3.22. The van der Waals surface area contributed by atoms with Crippen LogP contribution in [0, 0.1) is 11.8 Å². The van der Waals surface area contributed by atoms with Crippen molar-refractivity contribution in [3.63, 3.8) is 0 Å². The van der Waals surface area contributed by atoms with E-state index in [4.69, 9.17) is 0 Å². The van der Waals surface area contributed by atoms with Crippen LogP contribution in [0.2, 0.25) is 0 Å². The Kier molecular flexibility index (Phi) is 5.95. The van der Waals surface area contributed by atoms with Crippen LogP contribution in [0.4, 0.5) is 0 Å². The molecule has 3 heteroatoms. The summed E-state index contributed by atoms with van der Waals surface area (Å²) < 4.78 is 0. The van der Waals surface area contributed by atoms with E-state index >= 15 is 0 Å². The van der Waals surface area contributed by atoms with Gasteiger partial charge in [0, 0.05) is 26.1 Å². The van der Waals surface area contributed by atoms with Gasteiger partial charge >= 0.3 is 0 Å². The Hall–Kier alpha value is -1.01. The molecule has 0 aromatic rings. The topological polar surface area (TPSA) is 32.3 Å². The zero-order valence-corrected chi connectivity index (χ0v) is 10.4. The predicted molar refractivity (Wildman–Crippen MR) is 66.0 cm³/mol. The van der Waals surface area contributed by atoms with Crippen LogP contribution in [0.3, 0.4) is 0 Å². The number of nitrogens with one attached hydrogen (secondary N) is 1. The molecule has 0 saturated carbocycles. The third kappa shape index (κ3) is 4.24. The fourth-order valence-corrected chi connectivity index (χ4v) is 1.95. The number of hydrogen-bond acceptors (Lipinski definition) is 2. The molecule has 0 aromatic heterocycles. The van der Waals surface area contributed by atoms with Gasteiger partial charge in [-0.15, -0.1) is 11.8 Å². The molecule has 0 bridgehead atoms. The van der Waals surface area contributed by atoms with E-state index in [9.17, 15) is 4.79 Å².